The molecule has 1 heterocycles. The van der Waals surface area contributed by atoms with Gasteiger partial charge >= 0.3 is 0 Å². The predicted octanol–water partition coefficient (Wildman–Crippen LogP) is 2.53. The molecule has 78 valence electrons. The fourth-order valence-electron chi connectivity index (χ4n) is 1.84. The molecule has 0 aromatic carbocycles. The Morgan fingerprint density at radius 2 is 2.36 bits per heavy atom. The van der Waals surface area contributed by atoms with E-state index in [1.165, 1.54) is 31.4 Å². The Morgan fingerprint density at radius 1 is 1.57 bits per heavy atom. The molecule has 1 saturated carbocycles. The molecule has 0 aliphatic heterocycles. The Balaban J connectivity index is 2.04. The molecule has 1 aliphatic rings. The highest BCUT2D eigenvalue weighted by atomic mass is 15.3. The van der Waals surface area contributed by atoms with Crippen LogP contribution >= 0.6 is 0 Å². The van der Waals surface area contributed by atoms with Crippen LogP contribution in [0.2, 0.25) is 0 Å². The van der Waals surface area contributed by atoms with Crippen LogP contribution in [0.25, 0.3) is 0 Å². The zero-order valence-corrected chi connectivity index (χ0v) is 8.87. The Hall–Kier alpha value is -0.990. The van der Waals surface area contributed by atoms with E-state index in [9.17, 15) is 0 Å². The molecule has 0 saturated heterocycles. The second kappa shape index (κ2) is 4.03. The van der Waals surface area contributed by atoms with Gasteiger partial charge in [-0.15, -0.1) is 0 Å². The molecule has 1 aromatic heterocycles. The smallest absolute Gasteiger partial charge is 0.121 e. The molecule has 14 heavy (non-hydrogen) atoms. The molecule has 0 spiro atoms. The second-order valence-electron chi connectivity index (χ2n) is 4.20. The van der Waals surface area contributed by atoms with Crippen molar-refractivity contribution in [2.45, 2.75) is 51.5 Å². The van der Waals surface area contributed by atoms with Gasteiger partial charge in [-0.1, -0.05) is 19.8 Å². The molecule has 2 N–H and O–H groups in total. The lowest BCUT2D eigenvalue weighted by atomic mass is 9.83. The summed E-state index contributed by atoms with van der Waals surface area (Å²) in [4.78, 5) is 0. The SMILES string of the molecule is CCCCn1nc(C2CCC2)cc1N. The Bertz CT molecular complexity index is 299. The van der Waals surface area contributed by atoms with Gasteiger partial charge in [0.25, 0.3) is 0 Å². The lowest BCUT2D eigenvalue weighted by Gasteiger charge is -2.22. The topological polar surface area (TPSA) is 43.8 Å². The number of anilines is 1. The van der Waals surface area contributed by atoms with Gasteiger partial charge < -0.3 is 5.73 Å². The fourth-order valence-corrected chi connectivity index (χ4v) is 1.84. The van der Waals surface area contributed by atoms with Crippen molar-refractivity contribution in [3.8, 4) is 0 Å². The minimum Gasteiger partial charge on any atom is -0.384 e. The van der Waals surface area contributed by atoms with Gasteiger partial charge in [0.05, 0.1) is 5.69 Å². The summed E-state index contributed by atoms with van der Waals surface area (Å²) in [5, 5.41) is 4.56. The zero-order chi connectivity index (χ0) is 9.97. The van der Waals surface area contributed by atoms with Crippen molar-refractivity contribution in [3.05, 3.63) is 11.8 Å². The molecule has 0 amide bonds. The number of nitrogens with two attached hydrogens (primary N) is 1. The van der Waals surface area contributed by atoms with Crippen LogP contribution in [0, 0.1) is 0 Å². The van der Waals surface area contributed by atoms with Gasteiger partial charge in [0.2, 0.25) is 0 Å². The number of hydrogen-bond acceptors (Lipinski definition) is 2. The fraction of sp³-hybridized carbons (Fsp3) is 0.727. The molecule has 3 heteroatoms. The van der Waals surface area contributed by atoms with Crippen molar-refractivity contribution in [2.75, 3.05) is 5.73 Å². The average molecular weight is 193 g/mol. The van der Waals surface area contributed by atoms with E-state index in [-0.39, 0.29) is 0 Å². The second-order valence-corrected chi connectivity index (χ2v) is 4.20. The molecule has 1 aromatic rings. The monoisotopic (exact) mass is 193 g/mol. The third kappa shape index (κ3) is 1.76. The van der Waals surface area contributed by atoms with E-state index < -0.39 is 0 Å². The highest BCUT2D eigenvalue weighted by molar-refractivity contribution is 5.32. The van der Waals surface area contributed by atoms with Crippen LogP contribution in [0.4, 0.5) is 5.82 Å². The Labute approximate surface area is 85.3 Å². The molecule has 0 bridgehead atoms. The van der Waals surface area contributed by atoms with Crippen molar-refractivity contribution < 1.29 is 0 Å². The summed E-state index contributed by atoms with van der Waals surface area (Å²) < 4.78 is 1.96. The van der Waals surface area contributed by atoms with E-state index in [1.807, 2.05) is 4.68 Å². The largest absolute Gasteiger partial charge is 0.384 e. The van der Waals surface area contributed by atoms with E-state index in [0.29, 0.717) is 5.92 Å². The maximum absolute atomic E-state index is 5.90. The van der Waals surface area contributed by atoms with Crippen LogP contribution in [0.15, 0.2) is 6.07 Å². The molecular formula is C11H19N3. The lowest BCUT2D eigenvalue weighted by molar-refractivity contribution is 0.405. The quantitative estimate of drug-likeness (QED) is 0.798. The third-order valence-electron chi connectivity index (χ3n) is 3.08. The minimum atomic E-state index is 0.695. The van der Waals surface area contributed by atoms with Gasteiger partial charge in [0.1, 0.15) is 5.82 Å². The van der Waals surface area contributed by atoms with Crippen LogP contribution < -0.4 is 5.73 Å². The molecule has 1 fully saturated rings. The van der Waals surface area contributed by atoms with Gasteiger partial charge in [-0.2, -0.15) is 5.10 Å². The molecule has 0 atom stereocenters. The summed E-state index contributed by atoms with van der Waals surface area (Å²) in [7, 11) is 0. The van der Waals surface area contributed by atoms with E-state index in [4.69, 9.17) is 5.73 Å². The van der Waals surface area contributed by atoms with Crippen molar-refractivity contribution in [1.29, 1.82) is 0 Å². The maximum Gasteiger partial charge on any atom is 0.121 e. The van der Waals surface area contributed by atoms with Crippen molar-refractivity contribution in [2.24, 2.45) is 0 Å². The molecule has 2 rings (SSSR count). The summed E-state index contributed by atoms with van der Waals surface area (Å²) in [6.07, 6.45) is 6.30. The summed E-state index contributed by atoms with van der Waals surface area (Å²) in [6.45, 7) is 3.15. The van der Waals surface area contributed by atoms with Gasteiger partial charge in [-0.3, -0.25) is 0 Å². The first kappa shape index (κ1) is 9.56. The first-order valence-electron chi connectivity index (χ1n) is 5.64. The molecule has 3 nitrogen and oxygen atoms in total. The first-order chi connectivity index (χ1) is 6.81. The van der Waals surface area contributed by atoms with Crippen molar-refractivity contribution in [1.82, 2.24) is 9.78 Å². The lowest BCUT2D eigenvalue weighted by Crippen LogP contribution is -2.10. The first-order valence-corrected chi connectivity index (χ1v) is 5.64. The van der Waals surface area contributed by atoms with Gasteiger partial charge in [0.15, 0.2) is 0 Å². The summed E-state index contributed by atoms with van der Waals surface area (Å²) in [5.74, 6) is 1.53. The summed E-state index contributed by atoms with van der Waals surface area (Å²) in [5.41, 5.74) is 7.11. The number of aryl methyl sites for hydroxylation is 1. The van der Waals surface area contributed by atoms with Crippen LogP contribution in [-0.2, 0) is 6.54 Å². The van der Waals surface area contributed by atoms with Crippen LogP contribution in [0.1, 0.15) is 50.6 Å². The van der Waals surface area contributed by atoms with Crippen LogP contribution in [-0.4, -0.2) is 9.78 Å². The standard InChI is InChI=1S/C11H19N3/c1-2-3-7-14-11(12)8-10(13-14)9-5-4-6-9/h8-9H,2-7,12H2,1H3. The van der Waals surface area contributed by atoms with Crippen molar-refractivity contribution in [3.63, 3.8) is 0 Å². The van der Waals surface area contributed by atoms with E-state index in [0.717, 1.165) is 18.8 Å². The molecule has 0 unspecified atom stereocenters. The number of nitrogens with zero attached hydrogens (tertiary/aromatic N) is 2. The van der Waals surface area contributed by atoms with Gasteiger partial charge in [-0.05, 0) is 19.3 Å². The highest BCUT2D eigenvalue weighted by Gasteiger charge is 2.22. The highest BCUT2D eigenvalue weighted by Crippen LogP contribution is 2.36. The summed E-state index contributed by atoms with van der Waals surface area (Å²) >= 11 is 0. The maximum atomic E-state index is 5.90. The van der Waals surface area contributed by atoms with Gasteiger partial charge in [-0.25, -0.2) is 4.68 Å². The van der Waals surface area contributed by atoms with E-state index in [1.54, 1.807) is 0 Å². The Kier molecular flexibility index (Phi) is 2.75. The minimum absolute atomic E-state index is 0.695. The molecule has 1 aliphatic carbocycles. The molecule has 0 radical (unpaired) electrons. The normalized spacial score (nSPS) is 16.9. The van der Waals surface area contributed by atoms with Crippen molar-refractivity contribution >= 4 is 5.82 Å². The molecular weight excluding hydrogens is 174 g/mol. The number of nitrogen functional groups attached to an aromatic ring is 1. The van der Waals surface area contributed by atoms with Crippen LogP contribution in [0.5, 0.6) is 0 Å². The number of aromatic nitrogens is 2. The van der Waals surface area contributed by atoms with Gasteiger partial charge in [0, 0.05) is 18.5 Å². The van der Waals surface area contributed by atoms with E-state index in [2.05, 4.69) is 18.1 Å². The third-order valence-corrected chi connectivity index (χ3v) is 3.08. The Morgan fingerprint density at radius 3 is 2.93 bits per heavy atom. The number of hydrogen-bond donors (Lipinski definition) is 1. The zero-order valence-electron chi connectivity index (χ0n) is 8.87. The summed E-state index contributed by atoms with van der Waals surface area (Å²) in [6, 6.07) is 2.06. The predicted molar refractivity (Wildman–Crippen MR) is 58.1 cm³/mol. The van der Waals surface area contributed by atoms with E-state index >= 15 is 0 Å². The van der Waals surface area contributed by atoms with Crippen LogP contribution in [0.3, 0.4) is 0 Å². The number of unbranched alkanes of at least 4 members (excludes halogenated alkanes) is 1. The average Bonchev–Trinajstić information content (AvgIpc) is 2.40. The number of rotatable bonds is 4.